The van der Waals surface area contributed by atoms with Crippen molar-refractivity contribution in [2.75, 3.05) is 18.5 Å². The third-order valence-electron chi connectivity index (χ3n) is 6.81. The van der Waals surface area contributed by atoms with Crippen LogP contribution in [-0.4, -0.2) is 57.6 Å². The number of aromatic nitrogens is 2. The molecule has 1 aliphatic rings. The molecule has 2 aromatic heterocycles. The van der Waals surface area contributed by atoms with Gasteiger partial charge >= 0.3 is 6.09 Å². The molecule has 2 N–H and O–H groups in total. The van der Waals surface area contributed by atoms with Crippen molar-refractivity contribution in [3.8, 4) is 39.4 Å². The van der Waals surface area contributed by atoms with Crippen LogP contribution in [0.2, 0.25) is 0 Å². The molecule has 0 saturated carbocycles. The first kappa shape index (κ1) is 31.7. The third-order valence-corrected chi connectivity index (χ3v) is 8.70. The quantitative estimate of drug-likeness (QED) is 0.210. The topological polar surface area (TPSA) is 123 Å². The van der Waals surface area contributed by atoms with Crippen LogP contribution in [0, 0.1) is 12.3 Å². The van der Waals surface area contributed by atoms with Gasteiger partial charge in [-0.05, 0) is 51.3 Å². The number of benzene rings is 2. The van der Waals surface area contributed by atoms with E-state index in [1.807, 2.05) is 35.7 Å². The second-order valence-electron chi connectivity index (χ2n) is 11.2. The zero-order valence-electron chi connectivity index (χ0n) is 25.1. The zero-order valence-corrected chi connectivity index (χ0v) is 26.7. The van der Waals surface area contributed by atoms with E-state index in [1.165, 1.54) is 27.6 Å². The number of amides is 3. The van der Waals surface area contributed by atoms with Crippen LogP contribution >= 0.6 is 22.7 Å². The summed E-state index contributed by atoms with van der Waals surface area (Å²) in [4.78, 5) is 51.5. The number of nitrogens with one attached hydrogen (secondary N) is 2. The van der Waals surface area contributed by atoms with Gasteiger partial charge in [0.05, 0.1) is 0 Å². The summed E-state index contributed by atoms with van der Waals surface area (Å²) in [5.41, 5.74) is 1.21. The molecule has 0 spiro atoms. The van der Waals surface area contributed by atoms with E-state index in [-0.39, 0.29) is 12.5 Å². The average Bonchev–Trinajstić information content (AvgIpc) is 3.80. The Hall–Kier alpha value is -4.73. The normalized spacial score (nSPS) is 15.2. The van der Waals surface area contributed by atoms with E-state index in [4.69, 9.17) is 20.9 Å². The highest BCUT2D eigenvalue weighted by atomic mass is 32.1. The van der Waals surface area contributed by atoms with Crippen molar-refractivity contribution in [2.24, 2.45) is 0 Å². The molecule has 0 aliphatic carbocycles. The number of ether oxygens (including phenoxy) is 2. The van der Waals surface area contributed by atoms with Crippen LogP contribution in [0.1, 0.15) is 45.2 Å². The van der Waals surface area contributed by atoms with Crippen LogP contribution in [-0.2, 0) is 14.3 Å². The smallest absolute Gasteiger partial charge is 0.408 e. The van der Waals surface area contributed by atoms with Gasteiger partial charge in [0, 0.05) is 23.7 Å². The van der Waals surface area contributed by atoms with Gasteiger partial charge < -0.3 is 25.0 Å². The number of carbonyl (C=O) groups excluding carboxylic acids is 3. The predicted octanol–water partition coefficient (Wildman–Crippen LogP) is 6.14. The number of rotatable bonds is 9. The standard InChI is InChI=1S/C33H33N5O5S2/c1-5-19-42-23-15-13-22(14-16-23)26(36-32(41)43-33(2,3)4)31(40)38-18-9-12-24(38)27(39)37-28-25(21-10-7-6-8-11-21)35-30(45-28)29-34-17-20-44-29/h1,6-8,10-11,13-17,20,24,26H,9,12,18-19H2,2-4H3,(H,36,41)(H,37,39)/t24-,26-/m0/s1. The van der Waals surface area contributed by atoms with Gasteiger partial charge in [0.15, 0.2) is 10.0 Å². The molecular formula is C33H33N5O5S2. The summed E-state index contributed by atoms with van der Waals surface area (Å²) in [6, 6.07) is 14.4. The van der Waals surface area contributed by atoms with Crippen molar-refractivity contribution in [2.45, 2.75) is 51.3 Å². The van der Waals surface area contributed by atoms with Crippen molar-refractivity contribution in [3.05, 3.63) is 71.7 Å². The molecule has 1 fully saturated rings. The molecule has 0 radical (unpaired) electrons. The highest BCUT2D eigenvalue weighted by Crippen LogP contribution is 2.39. The van der Waals surface area contributed by atoms with Crippen LogP contribution in [0.5, 0.6) is 5.75 Å². The molecule has 2 atom stereocenters. The molecule has 2 aromatic carbocycles. The Morgan fingerprint density at radius 3 is 2.53 bits per heavy atom. The van der Waals surface area contributed by atoms with Gasteiger partial charge in [0.2, 0.25) is 5.91 Å². The minimum Gasteiger partial charge on any atom is -0.481 e. The Balaban J connectivity index is 1.40. The maximum absolute atomic E-state index is 14.1. The molecule has 12 heteroatoms. The van der Waals surface area contributed by atoms with Crippen molar-refractivity contribution in [3.63, 3.8) is 0 Å². The minimum atomic E-state index is -1.10. The number of likely N-dealkylation sites (tertiary alicyclic amines) is 1. The summed E-state index contributed by atoms with van der Waals surface area (Å²) >= 11 is 2.80. The Kier molecular flexibility index (Phi) is 9.80. The van der Waals surface area contributed by atoms with Crippen LogP contribution in [0.3, 0.4) is 0 Å². The largest absolute Gasteiger partial charge is 0.481 e. The van der Waals surface area contributed by atoms with Crippen molar-refractivity contribution >= 4 is 45.6 Å². The second-order valence-corrected chi connectivity index (χ2v) is 13.1. The SMILES string of the molecule is C#CCOc1ccc([C@H](NC(=O)OC(C)(C)C)C(=O)N2CCC[C@H]2C(=O)Nc2sc(-c3nccs3)nc2-c2ccccc2)cc1. The van der Waals surface area contributed by atoms with Gasteiger partial charge in [0.25, 0.3) is 5.91 Å². The Morgan fingerprint density at radius 2 is 1.87 bits per heavy atom. The van der Waals surface area contributed by atoms with E-state index in [2.05, 4.69) is 21.5 Å². The van der Waals surface area contributed by atoms with Gasteiger partial charge in [-0.1, -0.05) is 59.7 Å². The Bertz CT molecular complexity index is 1670. The van der Waals surface area contributed by atoms with Gasteiger partial charge in [-0.15, -0.1) is 17.8 Å². The number of terminal acetylenes is 1. The lowest BCUT2D eigenvalue weighted by Crippen LogP contribution is -2.49. The molecule has 0 bridgehead atoms. The fraction of sp³-hybridized carbons (Fsp3) is 0.303. The zero-order chi connectivity index (χ0) is 32.0. The first-order valence-corrected chi connectivity index (χ1v) is 16.1. The highest BCUT2D eigenvalue weighted by Gasteiger charge is 2.39. The summed E-state index contributed by atoms with van der Waals surface area (Å²) in [6.07, 6.45) is 7.35. The predicted molar refractivity (Wildman–Crippen MR) is 175 cm³/mol. The summed E-state index contributed by atoms with van der Waals surface area (Å²) < 4.78 is 10.9. The fourth-order valence-electron chi connectivity index (χ4n) is 4.88. The number of hydrogen-bond donors (Lipinski definition) is 2. The molecule has 4 aromatic rings. The first-order chi connectivity index (χ1) is 21.6. The van der Waals surface area contributed by atoms with Crippen molar-refractivity contribution in [1.82, 2.24) is 20.2 Å². The summed E-state index contributed by atoms with van der Waals surface area (Å²) in [7, 11) is 0. The monoisotopic (exact) mass is 643 g/mol. The Morgan fingerprint density at radius 1 is 1.11 bits per heavy atom. The molecule has 45 heavy (non-hydrogen) atoms. The van der Waals surface area contributed by atoms with Crippen LogP contribution in [0.25, 0.3) is 21.3 Å². The fourth-order valence-corrected chi connectivity index (χ4v) is 6.55. The van der Waals surface area contributed by atoms with Gasteiger partial charge in [-0.3, -0.25) is 9.59 Å². The molecule has 10 nitrogen and oxygen atoms in total. The second kappa shape index (κ2) is 13.9. The van der Waals surface area contributed by atoms with E-state index < -0.39 is 29.7 Å². The molecule has 0 unspecified atom stereocenters. The lowest BCUT2D eigenvalue weighted by atomic mass is 10.0. The number of hydrogen-bond acceptors (Lipinski definition) is 9. The lowest BCUT2D eigenvalue weighted by molar-refractivity contribution is -0.138. The molecule has 5 rings (SSSR count). The van der Waals surface area contributed by atoms with Crippen molar-refractivity contribution in [1.29, 1.82) is 0 Å². The lowest BCUT2D eigenvalue weighted by Gasteiger charge is -2.29. The minimum absolute atomic E-state index is 0.0967. The van der Waals surface area contributed by atoms with Gasteiger partial charge in [0.1, 0.15) is 40.7 Å². The maximum Gasteiger partial charge on any atom is 0.408 e. The van der Waals surface area contributed by atoms with Crippen LogP contribution < -0.4 is 15.4 Å². The number of anilines is 1. The van der Waals surface area contributed by atoms with Crippen LogP contribution in [0.15, 0.2) is 66.2 Å². The third kappa shape index (κ3) is 7.87. The van der Waals surface area contributed by atoms with E-state index in [1.54, 1.807) is 51.2 Å². The van der Waals surface area contributed by atoms with Crippen molar-refractivity contribution < 1.29 is 23.9 Å². The first-order valence-electron chi connectivity index (χ1n) is 14.4. The summed E-state index contributed by atoms with van der Waals surface area (Å²) in [5, 5.41) is 9.65. The van der Waals surface area contributed by atoms with Gasteiger partial charge in [-0.2, -0.15) is 0 Å². The average molecular weight is 644 g/mol. The van der Waals surface area contributed by atoms with E-state index >= 15 is 0 Å². The number of nitrogens with zero attached hydrogens (tertiary/aromatic N) is 3. The van der Waals surface area contributed by atoms with Crippen LogP contribution in [0.4, 0.5) is 9.80 Å². The highest BCUT2D eigenvalue weighted by molar-refractivity contribution is 7.23. The molecule has 232 valence electrons. The number of thiazole rings is 2. The van der Waals surface area contributed by atoms with E-state index in [0.29, 0.717) is 46.4 Å². The summed E-state index contributed by atoms with van der Waals surface area (Å²) in [6.45, 7) is 5.67. The molecule has 3 heterocycles. The molecule has 3 amide bonds. The molecular weight excluding hydrogens is 611 g/mol. The van der Waals surface area contributed by atoms with Gasteiger partial charge in [-0.25, -0.2) is 14.8 Å². The summed E-state index contributed by atoms with van der Waals surface area (Å²) in [5.74, 6) is 2.18. The van der Waals surface area contributed by atoms with E-state index in [9.17, 15) is 14.4 Å². The number of carbonyl (C=O) groups is 3. The molecule has 1 aliphatic heterocycles. The molecule has 1 saturated heterocycles. The van der Waals surface area contributed by atoms with E-state index in [0.717, 1.165) is 10.6 Å². The number of alkyl carbamates (subject to hydrolysis) is 1. The maximum atomic E-state index is 14.1. The Labute approximate surface area is 269 Å².